The molecule has 18 heavy (non-hydrogen) atoms. The minimum Gasteiger partial charge on any atom is -0.364 e. The van der Waals surface area contributed by atoms with Gasteiger partial charge in [-0.25, -0.2) is 0 Å². The molecule has 1 aromatic rings. The maximum Gasteiger partial charge on any atom is 0.0957 e. The van der Waals surface area contributed by atoms with Gasteiger partial charge >= 0.3 is 0 Å². The van der Waals surface area contributed by atoms with E-state index in [2.05, 4.69) is 45.5 Å². The standard InChI is InChI=1S/C15H20BrNO/c16-13-6-4-12(5-7-13)14-10-17-11-15(18-14)8-2-1-3-9-15/h4-7,14,17H,1-3,8-11H2. The molecule has 3 heteroatoms. The summed E-state index contributed by atoms with van der Waals surface area (Å²) < 4.78 is 7.59. The van der Waals surface area contributed by atoms with Crippen molar-refractivity contribution in [2.75, 3.05) is 13.1 Å². The van der Waals surface area contributed by atoms with E-state index in [1.807, 2.05) is 0 Å². The average Bonchev–Trinajstić information content (AvgIpc) is 2.40. The van der Waals surface area contributed by atoms with Gasteiger partial charge in [0.05, 0.1) is 11.7 Å². The minimum absolute atomic E-state index is 0.105. The van der Waals surface area contributed by atoms with Gasteiger partial charge in [-0.2, -0.15) is 0 Å². The average molecular weight is 310 g/mol. The number of nitrogens with one attached hydrogen (secondary N) is 1. The Morgan fingerprint density at radius 2 is 1.83 bits per heavy atom. The highest BCUT2D eigenvalue weighted by molar-refractivity contribution is 9.10. The van der Waals surface area contributed by atoms with Crippen molar-refractivity contribution in [3.63, 3.8) is 0 Å². The van der Waals surface area contributed by atoms with Crippen molar-refractivity contribution < 1.29 is 4.74 Å². The molecule has 2 nitrogen and oxygen atoms in total. The predicted octanol–water partition coefficient (Wildman–Crippen LogP) is 3.81. The summed E-state index contributed by atoms with van der Waals surface area (Å²) in [5.41, 5.74) is 1.39. The molecule has 1 unspecified atom stereocenters. The number of benzene rings is 1. The first-order valence-electron chi connectivity index (χ1n) is 6.91. The molecule has 2 aliphatic rings. The lowest BCUT2D eigenvalue weighted by Crippen LogP contribution is -2.51. The Hall–Kier alpha value is -0.380. The molecule has 98 valence electrons. The third-order valence-electron chi connectivity index (χ3n) is 4.18. The number of ether oxygens (including phenoxy) is 1. The van der Waals surface area contributed by atoms with Crippen LogP contribution in [0.5, 0.6) is 0 Å². The van der Waals surface area contributed by atoms with Crippen molar-refractivity contribution in [3.8, 4) is 0 Å². The van der Waals surface area contributed by atoms with Crippen molar-refractivity contribution in [2.45, 2.75) is 43.8 Å². The molecule has 1 N–H and O–H groups in total. The molecule has 1 aromatic carbocycles. The van der Waals surface area contributed by atoms with Crippen LogP contribution in [-0.2, 0) is 4.74 Å². The van der Waals surface area contributed by atoms with Gasteiger partial charge in [0, 0.05) is 17.6 Å². The number of morpholine rings is 1. The fraction of sp³-hybridized carbons (Fsp3) is 0.600. The van der Waals surface area contributed by atoms with Gasteiger partial charge in [0.1, 0.15) is 0 Å². The van der Waals surface area contributed by atoms with Crippen LogP contribution in [0.4, 0.5) is 0 Å². The molecule has 2 fully saturated rings. The van der Waals surface area contributed by atoms with Crippen LogP contribution in [-0.4, -0.2) is 18.7 Å². The maximum absolute atomic E-state index is 6.46. The Labute approximate surface area is 117 Å². The second kappa shape index (κ2) is 5.32. The lowest BCUT2D eigenvalue weighted by Gasteiger charge is -2.44. The smallest absolute Gasteiger partial charge is 0.0957 e. The summed E-state index contributed by atoms with van der Waals surface area (Å²) in [7, 11) is 0. The molecule has 1 heterocycles. The van der Waals surface area contributed by atoms with Gasteiger partial charge < -0.3 is 10.1 Å². The summed E-state index contributed by atoms with van der Waals surface area (Å²) in [4.78, 5) is 0. The highest BCUT2D eigenvalue weighted by atomic mass is 79.9. The Kier molecular flexibility index (Phi) is 3.73. The number of rotatable bonds is 1. The molecule has 0 amide bonds. The van der Waals surface area contributed by atoms with Crippen molar-refractivity contribution >= 4 is 15.9 Å². The van der Waals surface area contributed by atoms with E-state index in [-0.39, 0.29) is 11.7 Å². The highest BCUT2D eigenvalue weighted by Crippen LogP contribution is 2.37. The SMILES string of the molecule is Brc1ccc(C2CNCC3(CCCCC3)O2)cc1. The van der Waals surface area contributed by atoms with Crippen LogP contribution < -0.4 is 5.32 Å². The third kappa shape index (κ3) is 2.63. The summed E-state index contributed by atoms with van der Waals surface area (Å²) in [5.74, 6) is 0. The largest absolute Gasteiger partial charge is 0.364 e. The Balaban J connectivity index is 1.75. The van der Waals surface area contributed by atoms with Crippen molar-refractivity contribution in [1.29, 1.82) is 0 Å². The maximum atomic E-state index is 6.46. The first-order valence-corrected chi connectivity index (χ1v) is 7.71. The summed E-state index contributed by atoms with van der Waals surface area (Å²) in [5, 5.41) is 3.57. The topological polar surface area (TPSA) is 21.3 Å². The van der Waals surface area contributed by atoms with E-state index in [0.29, 0.717) is 0 Å². The summed E-state index contributed by atoms with van der Waals surface area (Å²) in [6.45, 7) is 1.96. The van der Waals surface area contributed by atoms with Gasteiger partial charge in [0.2, 0.25) is 0 Å². The van der Waals surface area contributed by atoms with Crippen molar-refractivity contribution in [1.82, 2.24) is 5.32 Å². The van der Waals surface area contributed by atoms with Gasteiger partial charge in [-0.15, -0.1) is 0 Å². The molecule has 1 saturated carbocycles. The van der Waals surface area contributed by atoms with Crippen LogP contribution >= 0.6 is 15.9 Å². The van der Waals surface area contributed by atoms with Gasteiger partial charge in [0.15, 0.2) is 0 Å². The molecule has 1 atom stereocenters. The van der Waals surface area contributed by atoms with Crippen LogP contribution in [0.15, 0.2) is 28.7 Å². The first-order chi connectivity index (χ1) is 8.77. The second-order valence-electron chi connectivity index (χ2n) is 5.53. The summed E-state index contributed by atoms with van der Waals surface area (Å²) in [6.07, 6.45) is 6.64. The molecule has 1 spiro atoms. The van der Waals surface area contributed by atoms with Gasteiger partial charge in [0.25, 0.3) is 0 Å². The molecule has 1 aliphatic carbocycles. The van der Waals surface area contributed by atoms with E-state index in [1.54, 1.807) is 0 Å². The van der Waals surface area contributed by atoms with Crippen molar-refractivity contribution in [2.24, 2.45) is 0 Å². The normalized spacial score (nSPS) is 27.3. The molecule has 0 bridgehead atoms. The molecule has 1 aliphatic heterocycles. The second-order valence-corrected chi connectivity index (χ2v) is 6.45. The zero-order valence-electron chi connectivity index (χ0n) is 10.6. The lowest BCUT2D eigenvalue weighted by molar-refractivity contribution is -0.135. The zero-order valence-corrected chi connectivity index (χ0v) is 12.2. The van der Waals surface area contributed by atoms with Gasteiger partial charge in [-0.3, -0.25) is 0 Å². The van der Waals surface area contributed by atoms with Crippen molar-refractivity contribution in [3.05, 3.63) is 34.3 Å². The molecule has 1 saturated heterocycles. The zero-order chi connectivity index (χ0) is 12.4. The van der Waals surface area contributed by atoms with Crippen LogP contribution in [0, 0.1) is 0 Å². The molecule has 0 aromatic heterocycles. The number of hydrogen-bond acceptors (Lipinski definition) is 2. The molecule has 3 rings (SSSR count). The highest BCUT2D eigenvalue weighted by Gasteiger charge is 2.38. The first kappa shape index (κ1) is 12.6. The van der Waals surface area contributed by atoms with Gasteiger partial charge in [-0.1, -0.05) is 47.3 Å². The van der Waals surface area contributed by atoms with E-state index in [1.165, 1.54) is 37.7 Å². The van der Waals surface area contributed by atoms with E-state index in [0.717, 1.165) is 17.6 Å². The lowest BCUT2D eigenvalue weighted by atomic mass is 9.83. The Morgan fingerprint density at radius 1 is 1.11 bits per heavy atom. The van der Waals surface area contributed by atoms with E-state index >= 15 is 0 Å². The van der Waals surface area contributed by atoms with Crippen LogP contribution in [0.2, 0.25) is 0 Å². The van der Waals surface area contributed by atoms with Crippen LogP contribution in [0.3, 0.4) is 0 Å². The molecule has 0 radical (unpaired) electrons. The summed E-state index contributed by atoms with van der Waals surface area (Å²) in [6, 6.07) is 8.53. The molecular formula is C15H20BrNO. The van der Waals surface area contributed by atoms with Gasteiger partial charge in [-0.05, 0) is 30.5 Å². The number of hydrogen-bond donors (Lipinski definition) is 1. The van der Waals surface area contributed by atoms with Crippen LogP contribution in [0.1, 0.15) is 43.8 Å². The monoisotopic (exact) mass is 309 g/mol. The Morgan fingerprint density at radius 3 is 2.56 bits per heavy atom. The summed E-state index contributed by atoms with van der Waals surface area (Å²) >= 11 is 3.48. The fourth-order valence-electron chi connectivity index (χ4n) is 3.17. The third-order valence-corrected chi connectivity index (χ3v) is 4.70. The van der Waals surface area contributed by atoms with Crippen LogP contribution in [0.25, 0.3) is 0 Å². The fourth-order valence-corrected chi connectivity index (χ4v) is 3.43. The number of halogens is 1. The predicted molar refractivity (Wildman–Crippen MR) is 76.7 cm³/mol. The van der Waals surface area contributed by atoms with E-state index in [9.17, 15) is 0 Å². The van der Waals surface area contributed by atoms with E-state index in [4.69, 9.17) is 4.74 Å². The molecular weight excluding hydrogens is 290 g/mol. The Bertz CT molecular complexity index is 392. The quantitative estimate of drug-likeness (QED) is 0.851. The van der Waals surface area contributed by atoms with E-state index < -0.39 is 0 Å². The minimum atomic E-state index is 0.105.